The van der Waals surface area contributed by atoms with Crippen LogP contribution in [-0.2, 0) is 9.59 Å². The van der Waals surface area contributed by atoms with E-state index in [2.05, 4.69) is 44.2 Å². The van der Waals surface area contributed by atoms with Crippen LogP contribution in [0.5, 0.6) is 0 Å². The summed E-state index contributed by atoms with van der Waals surface area (Å²) in [6.07, 6.45) is 12.0. The van der Waals surface area contributed by atoms with Gasteiger partial charge >= 0.3 is 49.7 Å². The zero-order valence-corrected chi connectivity index (χ0v) is 17.3. The van der Waals surface area contributed by atoms with Gasteiger partial charge in [0.15, 0.2) is 5.92 Å². The molecular formula is C23H40CaO4. The van der Waals surface area contributed by atoms with Gasteiger partial charge in [0, 0.05) is 0 Å². The summed E-state index contributed by atoms with van der Waals surface area (Å²) in [5.41, 5.74) is 1.50. The topological polar surface area (TPSA) is 74.6 Å². The summed E-state index contributed by atoms with van der Waals surface area (Å²) in [6.45, 7) is 6.38. The van der Waals surface area contributed by atoms with Crippen LogP contribution in [0.15, 0.2) is 30.3 Å². The molecular weight excluding hydrogens is 380 g/mol. The Labute approximate surface area is 201 Å². The van der Waals surface area contributed by atoms with Gasteiger partial charge in [0.25, 0.3) is 0 Å². The molecule has 0 bridgehead atoms. The van der Waals surface area contributed by atoms with Gasteiger partial charge in [0.1, 0.15) is 0 Å². The zero-order valence-electron chi connectivity index (χ0n) is 17.3. The first-order chi connectivity index (χ1) is 12.9. The summed E-state index contributed by atoms with van der Waals surface area (Å²) < 4.78 is 0. The number of carbonyl (C=O) groups is 2. The van der Waals surface area contributed by atoms with Crippen LogP contribution >= 0.6 is 0 Å². The molecule has 1 unspecified atom stereocenters. The van der Waals surface area contributed by atoms with Crippen molar-refractivity contribution in [2.24, 2.45) is 5.92 Å². The molecule has 1 aromatic carbocycles. The quantitative estimate of drug-likeness (QED) is 0.248. The molecule has 0 aliphatic heterocycles. The van der Waals surface area contributed by atoms with Gasteiger partial charge in [0.2, 0.25) is 0 Å². The SMILES string of the molecule is CCCC(C(=O)O)C(=O)O.CCCCCCCCCC(C)c1ccccc1.[CaH2]. The molecule has 0 aromatic heterocycles. The van der Waals surface area contributed by atoms with Gasteiger partial charge in [-0.25, -0.2) is 0 Å². The second kappa shape index (κ2) is 19.7. The van der Waals surface area contributed by atoms with E-state index in [9.17, 15) is 9.59 Å². The van der Waals surface area contributed by atoms with E-state index in [-0.39, 0.29) is 44.2 Å². The number of carboxylic acid groups (broad SMARTS) is 2. The van der Waals surface area contributed by atoms with Crippen molar-refractivity contribution < 1.29 is 19.8 Å². The van der Waals surface area contributed by atoms with Crippen molar-refractivity contribution in [1.82, 2.24) is 0 Å². The molecule has 28 heavy (non-hydrogen) atoms. The fraction of sp³-hybridized carbons (Fsp3) is 0.652. The molecule has 5 heteroatoms. The van der Waals surface area contributed by atoms with Crippen molar-refractivity contribution in [3.63, 3.8) is 0 Å². The molecule has 0 fully saturated rings. The van der Waals surface area contributed by atoms with Crippen molar-refractivity contribution >= 4 is 49.7 Å². The van der Waals surface area contributed by atoms with E-state index in [1.54, 1.807) is 6.92 Å². The van der Waals surface area contributed by atoms with E-state index in [0.717, 1.165) is 5.92 Å². The Kier molecular flexibility index (Phi) is 20.9. The van der Waals surface area contributed by atoms with Crippen LogP contribution in [0.2, 0.25) is 0 Å². The number of carboxylic acids is 2. The number of hydrogen-bond acceptors (Lipinski definition) is 2. The fourth-order valence-electron chi connectivity index (χ4n) is 3.00. The normalized spacial score (nSPS) is 11.1. The number of hydrogen-bond donors (Lipinski definition) is 2. The molecule has 0 spiro atoms. The zero-order chi connectivity index (χ0) is 20.5. The van der Waals surface area contributed by atoms with Gasteiger partial charge in [-0.15, -0.1) is 0 Å². The third-order valence-corrected chi connectivity index (χ3v) is 4.78. The van der Waals surface area contributed by atoms with E-state index in [1.165, 1.54) is 56.9 Å². The minimum atomic E-state index is -1.26. The molecule has 0 saturated carbocycles. The molecule has 0 saturated heterocycles. The Morgan fingerprint density at radius 3 is 1.71 bits per heavy atom. The van der Waals surface area contributed by atoms with Crippen LogP contribution in [-0.4, -0.2) is 59.9 Å². The minimum absolute atomic E-state index is 0. The molecule has 2 N–H and O–H groups in total. The van der Waals surface area contributed by atoms with Crippen LogP contribution in [0.3, 0.4) is 0 Å². The number of aliphatic carboxylic acids is 2. The van der Waals surface area contributed by atoms with E-state index >= 15 is 0 Å². The van der Waals surface area contributed by atoms with E-state index < -0.39 is 17.9 Å². The Balaban J connectivity index is 0. The average molecular weight is 421 g/mol. The van der Waals surface area contributed by atoms with E-state index in [4.69, 9.17) is 10.2 Å². The predicted octanol–water partition coefficient (Wildman–Crippen LogP) is 5.59. The molecule has 4 nitrogen and oxygen atoms in total. The second-order valence-corrected chi connectivity index (χ2v) is 7.24. The Hall–Kier alpha value is -0.580. The van der Waals surface area contributed by atoms with Crippen molar-refractivity contribution in [3.8, 4) is 0 Å². The van der Waals surface area contributed by atoms with Crippen LogP contribution in [0.4, 0.5) is 0 Å². The van der Waals surface area contributed by atoms with Crippen LogP contribution < -0.4 is 0 Å². The molecule has 158 valence electrons. The first-order valence-corrected chi connectivity index (χ1v) is 10.4. The summed E-state index contributed by atoms with van der Waals surface area (Å²) in [7, 11) is 0. The molecule has 0 radical (unpaired) electrons. The summed E-state index contributed by atoms with van der Waals surface area (Å²) in [4.78, 5) is 20.3. The van der Waals surface area contributed by atoms with Gasteiger partial charge in [-0.1, -0.05) is 102 Å². The van der Waals surface area contributed by atoms with Crippen molar-refractivity contribution in [3.05, 3.63) is 35.9 Å². The Morgan fingerprint density at radius 2 is 1.29 bits per heavy atom. The molecule has 1 aromatic rings. The summed E-state index contributed by atoms with van der Waals surface area (Å²) in [5, 5.41) is 16.6. The monoisotopic (exact) mass is 420 g/mol. The third-order valence-electron chi connectivity index (χ3n) is 4.78. The van der Waals surface area contributed by atoms with E-state index in [1.807, 2.05) is 0 Å². The van der Waals surface area contributed by atoms with Gasteiger partial charge in [-0.2, -0.15) is 0 Å². The van der Waals surface area contributed by atoms with Crippen LogP contribution in [0, 0.1) is 5.92 Å². The number of unbranched alkanes of at least 4 members (excludes halogenated alkanes) is 6. The summed E-state index contributed by atoms with van der Waals surface area (Å²) >= 11 is 0. The number of benzene rings is 1. The standard InChI is InChI=1S/C17H28.C6H10O4.Ca.2H/c1-3-4-5-6-7-8-10-13-16(2)17-14-11-9-12-15-17;1-2-3-4(5(7)8)6(9)10;;;/h9,11-12,14-16H,3-8,10,13H2,1-2H3;4H,2-3H2,1H3,(H,7,8)(H,9,10);;;. The van der Waals surface area contributed by atoms with Crippen molar-refractivity contribution in [2.75, 3.05) is 0 Å². The molecule has 0 heterocycles. The maximum absolute atomic E-state index is 10.2. The molecule has 1 rings (SSSR count). The van der Waals surface area contributed by atoms with Gasteiger partial charge in [-0.3, -0.25) is 9.59 Å². The fourth-order valence-corrected chi connectivity index (χ4v) is 3.00. The van der Waals surface area contributed by atoms with Gasteiger partial charge in [-0.05, 0) is 24.3 Å². The van der Waals surface area contributed by atoms with Crippen LogP contribution in [0.1, 0.15) is 96.5 Å². The molecule has 0 amide bonds. The Morgan fingerprint density at radius 1 is 0.786 bits per heavy atom. The van der Waals surface area contributed by atoms with Gasteiger partial charge < -0.3 is 10.2 Å². The summed E-state index contributed by atoms with van der Waals surface area (Å²) in [5.74, 6) is -3.01. The molecule has 0 aliphatic rings. The van der Waals surface area contributed by atoms with E-state index in [0.29, 0.717) is 6.42 Å². The second-order valence-electron chi connectivity index (χ2n) is 7.24. The third kappa shape index (κ3) is 15.4. The average Bonchev–Trinajstić information content (AvgIpc) is 2.66. The van der Waals surface area contributed by atoms with Crippen LogP contribution in [0.25, 0.3) is 0 Å². The first kappa shape index (κ1) is 29.6. The Bertz CT molecular complexity index is 491. The molecule has 0 aliphatic carbocycles. The van der Waals surface area contributed by atoms with Gasteiger partial charge in [0.05, 0.1) is 0 Å². The molecule has 1 atom stereocenters. The maximum atomic E-state index is 10.2. The van der Waals surface area contributed by atoms with Crippen molar-refractivity contribution in [1.29, 1.82) is 0 Å². The predicted molar refractivity (Wildman–Crippen MR) is 120 cm³/mol. The summed E-state index contributed by atoms with van der Waals surface area (Å²) in [6, 6.07) is 10.9. The number of rotatable bonds is 13. The first-order valence-electron chi connectivity index (χ1n) is 10.4. The van der Waals surface area contributed by atoms with Crippen molar-refractivity contribution in [2.45, 2.75) is 90.9 Å².